The zero-order valence-electron chi connectivity index (χ0n) is 9.89. The SMILES string of the molecule is CNc1nc(NCC(=O)NC2CC2)c(F)cc1F. The van der Waals surface area contributed by atoms with E-state index in [4.69, 9.17) is 0 Å². The maximum Gasteiger partial charge on any atom is 0.239 e. The van der Waals surface area contributed by atoms with Gasteiger partial charge >= 0.3 is 0 Å². The van der Waals surface area contributed by atoms with Crippen LogP contribution in [0.1, 0.15) is 12.8 Å². The van der Waals surface area contributed by atoms with E-state index in [0.29, 0.717) is 0 Å². The van der Waals surface area contributed by atoms with Gasteiger partial charge < -0.3 is 16.0 Å². The molecule has 5 nitrogen and oxygen atoms in total. The Morgan fingerprint density at radius 3 is 2.67 bits per heavy atom. The Morgan fingerprint density at radius 2 is 2.06 bits per heavy atom. The van der Waals surface area contributed by atoms with E-state index in [1.54, 1.807) is 0 Å². The zero-order chi connectivity index (χ0) is 13.1. The van der Waals surface area contributed by atoms with E-state index in [0.717, 1.165) is 18.9 Å². The standard InChI is InChI=1S/C11H14F2N4O/c1-14-10-7(12)4-8(13)11(17-10)15-5-9(18)16-6-2-3-6/h4,6H,2-3,5H2,1H3,(H,16,18)(H2,14,15,17). The van der Waals surface area contributed by atoms with E-state index in [9.17, 15) is 13.6 Å². The number of carbonyl (C=O) groups excluding carboxylic acids is 1. The Hall–Kier alpha value is -1.92. The number of nitrogens with one attached hydrogen (secondary N) is 3. The first-order valence-corrected chi connectivity index (χ1v) is 5.67. The molecule has 1 saturated carbocycles. The highest BCUT2D eigenvalue weighted by Crippen LogP contribution is 2.19. The number of hydrogen-bond acceptors (Lipinski definition) is 4. The van der Waals surface area contributed by atoms with Crippen molar-refractivity contribution in [3.8, 4) is 0 Å². The second kappa shape index (κ2) is 5.16. The highest BCUT2D eigenvalue weighted by atomic mass is 19.1. The van der Waals surface area contributed by atoms with Crippen molar-refractivity contribution >= 4 is 17.5 Å². The maximum absolute atomic E-state index is 13.4. The Labute approximate surface area is 103 Å². The molecule has 0 atom stereocenters. The number of pyridine rings is 1. The van der Waals surface area contributed by atoms with Gasteiger partial charge in [0, 0.05) is 19.2 Å². The van der Waals surface area contributed by atoms with Crippen LogP contribution in [0.5, 0.6) is 0 Å². The van der Waals surface area contributed by atoms with E-state index in [1.165, 1.54) is 7.05 Å². The molecule has 18 heavy (non-hydrogen) atoms. The molecule has 1 heterocycles. The lowest BCUT2D eigenvalue weighted by Gasteiger charge is -2.09. The summed E-state index contributed by atoms with van der Waals surface area (Å²) in [6, 6.07) is 0.971. The summed E-state index contributed by atoms with van der Waals surface area (Å²) >= 11 is 0. The molecule has 0 radical (unpaired) electrons. The highest BCUT2D eigenvalue weighted by molar-refractivity contribution is 5.81. The molecular formula is C11H14F2N4O. The lowest BCUT2D eigenvalue weighted by atomic mass is 10.4. The summed E-state index contributed by atoms with van der Waals surface area (Å²) in [7, 11) is 1.48. The van der Waals surface area contributed by atoms with Crippen LogP contribution < -0.4 is 16.0 Å². The molecule has 0 bridgehead atoms. The topological polar surface area (TPSA) is 66.0 Å². The minimum atomic E-state index is -0.828. The molecule has 1 aliphatic carbocycles. The monoisotopic (exact) mass is 256 g/mol. The van der Waals surface area contributed by atoms with Gasteiger partial charge in [0.15, 0.2) is 23.3 Å². The van der Waals surface area contributed by atoms with Crippen molar-refractivity contribution in [3.05, 3.63) is 17.7 Å². The molecule has 2 rings (SSSR count). The molecule has 3 N–H and O–H groups in total. The van der Waals surface area contributed by atoms with Gasteiger partial charge in [-0.3, -0.25) is 4.79 Å². The van der Waals surface area contributed by atoms with Gasteiger partial charge in [0.2, 0.25) is 5.91 Å². The van der Waals surface area contributed by atoms with E-state index in [1.807, 2.05) is 0 Å². The number of carbonyl (C=O) groups is 1. The summed E-state index contributed by atoms with van der Waals surface area (Å²) in [4.78, 5) is 15.1. The van der Waals surface area contributed by atoms with Crippen LogP contribution in [0.2, 0.25) is 0 Å². The van der Waals surface area contributed by atoms with Gasteiger partial charge in [0.25, 0.3) is 0 Å². The van der Waals surface area contributed by atoms with Gasteiger partial charge in [0.05, 0.1) is 6.54 Å². The smallest absolute Gasteiger partial charge is 0.239 e. The molecule has 1 aromatic heterocycles. The summed E-state index contributed by atoms with van der Waals surface area (Å²) < 4.78 is 26.5. The van der Waals surface area contributed by atoms with Crippen LogP contribution in [0, 0.1) is 11.6 Å². The van der Waals surface area contributed by atoms with Crippen LogP contribution in [-0.2, 0) is 4.79 Å². The summed E-state index contributed by atoms with van der Waals surface area (Å²) in [6.07, 6.45) is 1.97. The van der Waals surface area contributed by atoms with Crippen molar-refractivity contribution in [1.29, 1.82) is 0 Å². The van der Waals surface area contributed by atoms with Gasteiger partial charge in [-0.05, 0) is 12.8 Å². The number of rotatable bonds is 5. The molecule has 0 saturated heterocycles. The van der Waals surface area contributed by atoms with E-state index >= 15 is 0 Å². The normalized spacial score (nSPS) is 14.2. The number of nitrogens with zero attached hydrogens (tertiary/aromatic N) is 1. The average molecular weight is 256 g/mol. The summed E-state index contributed by atoms with van der Waals surface area (Å²) in [6.45, 7) is -0.0881. The van der Waals surface area contributed by atoms with E-state index in [-0.39, 0.29) is 30.1 Å². The largest absolute Gasteiger partial charge is 0.371 e. The third-order valence-electron chi connectivity index (χ3n) is 2.53. The number of amides is 1. The van der Waals surface area contributed by atoms with Crippen LogP contribution in [0.15, 0.2) is 6.07 Å². The van der Waals surface area contributed by atoms with E-state index < -0.39 is 11.6 Å². The summed E-state index contributed by atoms with van der Waals surface area (Å²) in [5.41, 5.74) is 0. The second-order valence-electron chi connectivity index (χ2n) is 4.09. The Bertz CT molecular complexity index is 463. The predicted octanol–water partition coefficient (Wildman–Crippen LogP) is 1.09. The predicted molar refractivity (Wildman–Crippen MR) is 63.4 cm³/mol. The third-order valence-corrected chi connectivity index (χ3v) is 2.53. The Morgan fingerprint density at radius 1 is 1.39 bits per heavy atom. The first-order chi connectivity index (χ1) is 8.60. The van der Waals surface area contributed by atoms with Crippen molar-refractivity contribution in [1.82, 2.24) is 10.3 Å². The van der Waals surface area contributed by atoms with Gasteiger partial charge in [-0.25, -0.2) is 13.8 Å². The van der Waals surface area contributed by atoms with Crippen molar-refractivity contribution in [2.45, 2.75) is 18.9 Å². The van der Waals surface area contributed by atoms with E-state index in [2.05, 4.69) is 20.9 Å². The molecule has 1 amide bonds. The molecule has 98 valence electrons. The highest BCUT2D eigenvalue weighted by Gasteiger charge is 2.23. The molecule has 1 aromatic rings. The van der Waals surface area contributed by atoms with Crippen molar-refractivity contribution in [2.75, 3.05) is 24.2 Å². The lowest BCUT2D eigenvalue weighted by Crippen LogP contribution is -2.31. The Balaban J connectivity index is 1.97. The Kier molecular flexibility index (Phi) is 3.59. The summed E-state index contributed by atoms with van der Waals surface area (Å²) in [5.74, 6) is -2.05. The fraction of sp³-hybridized carbons (Fsp3) is 0.455. The number of aromatic nitrogens is 1. The van der Waals surface area contributed by atoms with Crippen LogP contribution in [0.4, 0.5) is 20.4 Å². The number of hydrogen-bond donors (Lipinski definition) is 3. The summed E-state index contributed by atoms with van der Waals surface area (Å²) in [5, 5.41) is 7.78. The molecule has 1 aliphatic rings. The minimum absolute atomic E-state index is 0.0681. The second-order valence-corrected chi connectivity index (χ2v) is 4.09. The first-order valence-electron chi connectivity index (χ1n) is 5.67. The third kappa shape index (κ3) is 3.06. The minimum Gasteiger partial charge on any atom is -0.371 e. The molecule has 0 spiro atoms. The molecule has 0 aliphatic heterocycles. The quantitative estimate of drug-likeness (QED) is 0.738. The fourth-order valence-electron chi connectivity index (χ4n) is 1.44. The average Bonchev–Trinajstić information content (AvgIpc) is 3.12. The van der Waals surface area contributed by atoms with Gasteiger partial charge in [-0.2, -0.15) is 0 Å². The fourth-order valence-corrected chi connectivity index (χ4v) is 1.44. The molecule has 1 fully saturated rings. The maximum atomic E-state index is 13.4. The van der Waals surface area contributed by atoms with Crippen LogP contribution in [0.3, 0.4) is 0 Å². The van der Waals surface area contributed by atoms with Crippen LogP contribution in [-0.4, -0.2) is 30.5 Å². The molecular weight excluding hydrogens is 242 g/mol. The zero-order valence-corrected chi connectivity index (χ0v) is 9.89. The molecule has 0 aromatic carbocycles. The first kappa shape index (κ1) is 12.5. The van der Waals surface area contributed by atoms with Crippen LogP contribution >= 0.6 is 0 Å². The van der Waals surface area contributed by atoms with Gasteiger partial charge in [0.1, 0.15) is 0 Å². The number of anilines is 2. The van der Waals surface area contributed by atoms with Crippen LogP contribution in [0.25, 0.3) is 0 Å². The van der Waals surface area contributed by atoms with Crippen molar-refractivity contribution < 1.29 is 13.6 Å². The number of halogens is 2. The molecule has 0 unspecified atom stereocenters. The van der Waals surface area contributed by atoms with Gasteiger partial charge in [-0.15, -0.1) is 0 Å². The van der Waals surface area contributed by atoms with Crippen molar-refractivity contribution in [3.63, 3.8) is 0 Å². The van der Waals surface area contributed by atoms with Gasteiger partial charge in [-0.1, -0.05) is 0 Å². The lowest BCUT2D eigenvalue weighted by molar-refractivity contribution is -0.119. The van der Waals surface area contributed by atoms with Crippen molar-refractivity contribution in [2.24, 2.45) is 0 Å². The molecule has 7 heteroatoms.